The summed E-state index contributed by atoms with van der Waals surface area (Å²) in [6.45, 7) is 2.19. The van der Waals surface area contributed by atoms with Crippen molar-refractivity contribution < 1.29 is 31.8 Å². The van der Waals surface area contributed by atoms with Crippen LogP contribution < -0.4 is 19.5 Å². The standard InChI is InChI=1S/C23H29FN2O6S/c1-15(17-5-7-19(30-2)21(13-17)32-4)25-23(27)16-9-11-26(12-10-16)33(28,29)22-14-18(24)6-8-20(22)31-3/h5-8,13-16H,9-12H2,1-4H3,(H,25,27). The Kier molecular flexibility index (Phi) is 7.80. The maximum Gasteiger partial charge on any atom is 0.246 e. The highest BCUT2D eigenvalue weighted by atomic mass is 32.2. The molecule has 1 heterocycles. The largest absolute Gasteiger partial charge is 0.495 e. The molecule has 0 aliphatic carbocycles. The van der Waals surface area contributed by atoms with Crippen molar-refractivity contribution in [3.63, 3.8) is 0 Å². The van der Waals surface area contributed by atoms with Crippen LogP contribution in [0.15, 0.2) is 41.3 Å². The van der Waals surface area contributed by atoms with E-state index >= 15 is 0 Å². The maximum absolute atomic E-state index is 13.7. The van der Waals surface area contributed by atoms with Crippen LogP contribution in [0.25, 0.3) is 0 Å². The number of sulfonamides is 1. The van der Waals surface area contributed by atoms with Gasteiger partial charge in [0.05, 0.1) is 27.4 Å². The summed E-state index contributed by atoms with van der Waals surface area (Å²) in [5.41, 5.74) is 0.860. The molecule has 2 aromatic rings. The molecule has 180 valence electrons. The van der Waals surface area contributed by atoms with Gasteiger partial charge in [-0.2, -0.15) is 4.31 Å². The number of piperidine rings is 1. The van der Waals surface area contributed by atoms with Crippen molar-refractivity contribution in [1.82, 2.24) is 9.62 Å². The minimum absolute atomic E-state index is 0.0833. The van der Waals surface area contributed by atoms with Crippen molar-refractivity contribution in [1.29, 1.82) is 0 Å². The highest BCUT2D eigenvalue weighted by molar-refractivity contribution is 7.89. The van der Waals surface area contributed by atoms with Gasteiger partial charge in [-0.15, -0.1) is 0 Å². The molecule has 1 N–H and O–H groups in total. The van der Waals surface area contributed by atoms with Crippen LogP contribution in [0, 0.1) is 11.7 Å². The third kappa shape index (κ3) is 5.39. The molecule has 1 aliphatic heterocycles. The average molecular weight is 481 g/mol. The van der Waals surface area contributed by atoms with E-state index in [9.17, 15) is 17.6 Å². The van der Waals surface area contributed by atoms with Crippen LogP contribution >= 0.6 is 0 Å². The highest BCUT2D eigenvalue weighted by Crippen LogP contribution is 2.32. The molecule has 33 heavy (non-hydrogen) atoms. The van der Waals surface area contributed by atoms with Gasteiger partial charge in [0.15, 0.2) is 11.5 Å². The van der Waals surface area contributed by atoms with E-state index in [-0.39, 0.29) is 41.6 Å². The summed E-state index contributed by atoms with van der Waals surface area (Å²) >= 11 is 0. The summed E-state index contributed by atoms with van der Waals surface area (Å²) in [5, 5.41) is 2.99. The second kappa shape index (κ2) is 10.4. The predicted molar refractivity (Wildman–Crippen MR) is 121 cm³/mol. The Morgan fingerprint density at radius 1 is 1.00 bits per heavy atom. The molecule has 1 unspecified atom stereocenters. The molecule has 1 atom stereocenters. The first kappa shape index (κ1) is 24.8. The Bertz CT molecular complexity index is 1100. The number of methoxy groups -OCH3 is 3. The van der Waals surface area contributed by atoms with Gasteiger partial charge in [-0.05, 0) is 55.7 Å². The first-order valence-corrected chi connectivity index (χ1v) is 12.0. The summed E-state index contributed by atoms with van der Waals surface area (Å²) in [6.07, 6.45) is 0.725. The van der Waals surface area contributed by atoms with Gasteiger partial charge >= 0.3 is 0 Å². The zero-order valence-electron chi connectivity index (χ0n) is 19.1. The lowest BCUT2D eigenvalue weighted by Gasteiger charge is -2.31. The molecule has 1 amide bonds. The van der Waals surface area contributed by atoms with Crippen LogP contribution in [0.1, 0.15) is 31.4 Å². The number of nitrogens with zero attached hydrogens (tertiary/aromatic N) is 1. The molecule has 0 aromatic heterocycles. The number of nitrogens with one attached hydrogen (secondary N) is 1. The SMILES string of the molecule is COc1ccc(C(C)NC(=O)C2CCN(S(=O)(=O)c3cc(F)ccc3OC)CC2)cc1OC. The van der Waals surface area contributed by atoms with Gasteiger partial charge < -0.3 is 19.5 Å². The monoisotopic (exact) mass is 480 g/mol. The molecule has 1 fully saturated rings. The third-order valence-electron chi connectivity index (χ3n) is 5.83. The van der Waals surface area contributed by atoms with Crippen molar-refractivity contribution >= 4 is 15.9 Å². The molecule has 1 saturated heterocycles. The highest BCUT2D eigenvalue weighted by Gasteiger charge is 2.34. The van der Waals surface area contributed by atoms with Gasteiger partial charge in [0.2, 0.25) is 15.9 Å². The van der Waals surface area contributed by atoms with Crippen LogP contribution in [0.3, 0.4) is 0 Å². The molecule has 1 aliphatic rings. The van der Waals surface area contributed by atoms with Gasteiger partial charge in [0, 0.05) is 19.0 Å². The number of hydrogen-bond donors (Lipinski definition) is 1. The molecule has 0 spiro atoms. The number of rotatable bonds is 8. The van der Waals surface area contributed by atoms with Crippen molar-refractivity contribution in [2.45, 2.75) is 30.7 Å². The van der Waals surface area contributed by atoms with Gasteiger partial charge in [0.1, 0.15) is 16.5 Å². The van der Waals surface area contributed by atoms with Gasteiger partial charge in [0.25, 0.3) is 0 Å². The summed E-state index contributed by atoms with van der Waals surface area (Å²) in [5.74, 6) is 0.129. The van der Waals surface area contributed by atoms with Crippen molar-refractivity contribution in [3.05, 3.63) is 47.8 Å². The molecule has 2 aromatic carbocycles. The molecule has 0 saturated carbocycles. The van der Waals surface area contributed by atoms with E-state index in [1.54, 1.807) is 20.3 Å². The predicted octanol–water partition coefficient (Wildman–Crippen LogP) is 3.13. The van der Waals surface area contributed by atoms with Crippen LogP contribution in [-0.2, 0) is 14.8 Å². The second-order valence-electron chi connectivity index (χ2n) is 7.82. The van der Waals surface area contributed by atoms with E-state index in [1.807, 2.05) is 19.1 Å². The van der Waals surface area contributed by atoms with Crippen LogP contribution in [-0.4, -0.2) is 53.0 Å². The minimum atomic E-state index is -3.95. The smallest absolute Gasteiger partial charge is 0.246 e. The zero-order chi connectivity index (χ0) is 24.2. The molecule has 0 bridgehead atoms. The summed E-state index contributed by atoms with van der Waals surface area (Å²) < 4.78 is 56.7. The van der Waals surface area contributed by atoms with E-state index in [0.29, 0.717) is 24.3 Å². The Morgan fingerprint density at radius 2 is 1.61 bits per heavy atom. The molecule has 10 heteroatoms. The quantitative estimate of drug-likeness (QED) is 0.624. The fraction of sp³-hybridized carbons (Fsp3) is 0.435. The number of hydrogen-bond acceptors (Lipinski definition) is 6. The maximum atomic E-state index is 13.7. The first-order chi connectivity index (χ1) is 15.7. The lowest BCUT2D eigenvalue weighted by atomic mass is 9.96. The summed E-state index contributed by atoms with van der Waals surface area (Å²) in [4.78, 5) is 12.6. The molecular formula is C23H29FN2O6S. The number of carbonyl (C=O) groups excluding carboxylic acids is 1. The molecular weight excluding hydrogens is 451 g/mol. The number of amides is 1. The molecule has 0 radical (unpaired) electrons. The van der Waals surface area contributed by atoms with Crippen LogP contribution in [0.2, 0.25) is 0 Å². The summed E-state index contributed by atoms with van der Waals surface area (Å²) in [6, 6.07) is 8.57. The second-order valence-corrected chi connectivity index (χ2v) is 9.72. The fourth-order valence-electron chi connectivity index (χ4n) is 3.89. The average Bonchev–Trinajstić information content (AvgIpc) is 2.83. The van der Waals surface area contributed by atoms with Crippen molar-refractivity contribution in [2.24, 2.45) is 5.92 Å². The molecule has 8 nitrogen and oxygen atoms in total. The minimum Gasteiger partial charge on any atom is -0.495 e. The number of carbonyl (C=O) groups is 1. The normalized spacial score (nSPS) is 16.2. The van der Waals surface area contributed by atoms with E-state index in [4.69, 9.17) is 14.2 Å². The van der Waals surface area contributed by atoms with E-state index in [1.165, 1.54) is 17.5 Å². The Hall–Kier alpha value is -2.85. The zero-order valence-corrected chi connectivity index (χ0v) is 19.9. The third-order valence-corrected chi connectivity index (χ3v) is 7.75. The Balaban J connectivity index is 1.64. The van der Waals surface area contributed by atoms with Crippen LogP contribution in [0.5, 0.6) is 17.2 Å². The Labute approximate surface area is 193 Å². The number of ether oxygens (including phenoxy) is 3. The van der Waals surface area contributed by atoms with E-state index in [2.05, 4.69) is 5.32 Å². The van der Waals surface area contributed by atoms with Gasteiger partial charge in [-0.3, -0.25) is 4.79 Å². The van der Waals surface area contributed by atoms with E-state index in [0.717, 1.165) is 17.7 Å². The molecule has 3 rings (SSSR count). The number of halogens is 1. The lowest BCUT2D eigenvalue weighted by molar-refractivity contribution is -0.126. The van der Waals surface area contributed by atoms with Gasteiger partial charge in [-0.25, -0.2) is 12.8 Å². The lowest BCUT2D eigenvalue weighted by Crippen LogP contribution is -2.43. The topological polar surface area (TPSA) is 94.2 Å². The Morgan fingerprint density at radius 3 is 2.21 bits per heavy atom. The fourth-order valence-corrected chi connectivity index (χ4v) is 5.52. The van der Waals surface area contributed by atoms with E-state index < -0.39 is 15.8 Å². The van der Waals surface area contributed by atoms with Crippen LogP contribution in [0.4, 0.5) is 4.39 Å². The van der Waals surface area contributed by atoms with Crippen molar-refractivity contribution in [3.8, 4) is 17.2 Å². The summed E-state index contributed by atoms with van der Waals surface area (Å²) in [7, 11) is 0.493. The van der Waals surface area contributed by atoms with Crippen molar-refractivity contribution in [2.75, 3.05) is 34.4 Å². The number of benzene rings is 2. The van der Waals surface area contributed by atoms with Gasteiger partial charge in [-0.1, -0.05) is 6.07 Å². The first-order valence-electron chi connectivity index (χ1n) is 10.6.